The Morgan fingerprint density at radius 3 is 2.17 bits per heavy atom. The first kappa shape index (κ1) is 18.1. The topological polar surface area (TPSA) is 40.2 Å². The standard InChI is InChI=1S/C12H26ClNO4/c1-14(10-12(13)11-16-3)4-5-17-8-9-18-7-6-15-2/h12H,4-11H2,1-3H3. The van der Waals surface area contributed by atoms with Gasteiger partial charge in [0.1, 0.15) is 0 Å². The van der Waals surface area contributed by atoms with Crippen LogP contribution < -0.4 is 0 Å². The lowest BCUT2D eigenvalue weighted by Crippen LogP contribution is -2.31. The van der Waals surface area contributed by atoms with Gasteiger partial charge in [-0.25, -0.2) is 0 Å². The zero-order valence-electron chi connectivity index (χ0n) is 11.7. The number of methoxy groups -OCH3 is 2. The number of alkyl halides is 1. The number of hydrogen-bond acceptors (Lipinski definition) is 5. The van der Waals surface area contributed by atoms with E-state index in [1.165, 1.54) is 0 Å². The summed E-state index contributed by atoms with van der Waals surface area (Å²) in [6.45, 7) is 5.35. The molecule has 0 aromatic rings. The Morgan fingerprint density at radius 1 is 0.944 bits per heavy atom. The highest BCUT2D eigenvalue weighted by molar-refractivity contribution is 6.20. The minimum atomic E-state index is 0.0253. The van der Waals surface area contributed by atoms with Crippen molar-refractivity contribution < 1.29 is 18.9 Å². The fraction of sp³-hybridized carbons (Fsp3) is 1.00. The van der Waals surface area contributed by atoms with E-state index in [2.05, 4.69) is 4.90 Å². The van der Waals surface area contributed by atoms with E-state index >= 15 is 0 Å². The highest BCUT2D eigenvalue weighted by Gasteiger charge is 2.07. The van der Waals surface area contributed by atoms with Crippen LogP contribution >= 0.6 is 11.6 Å². The lowest BCUT2D eigenvalue weighted by Gasteiger charge is -2.19. The SMILES string of the molecule is COCCOCCOCCN(C)CC(Cl)COC. The van der Waals surface area contributed by atoms with Gasteiger partial charge in [0.05, 0.1) is 45.0 Å². The van der Waals surface area contributed by atoms with Crippen molar-refractivity contribution >= 4 is 11.6 Å². The second kappa shape index (κ2) is 13.5. The van der Waals surface area contributed by atoms with Gasteiger partial charge in [-0.15, -0.1) is 11.6 Å². The van der Waals surface area contributed by atoms with Crippen LogP contribution in [0.5, 0.6) is 0 Å². The second-order valence-electron chi connectivity index (χ2n) is 4.03. The summed E-state index contributed by atoms with van der Waals surface area (Å²) in [6, 6.07) is 0. The van der Waals surface area contributed by atoms with Crippen LogP contribution in [-0.4, -0.2) is 84.3 Å². The molecule has 1 atom stereocenters. The molecule has 18 heavy (non-hydrogen) atoms. The summed E-state index contributed by atoms with van der Waals surface area (Å²) in [5.74, 6) is 0. The summed E-state index contributed by atoms with van der Waals surface area (Å²) in [5, 5.41) is 0.0253. The zero-order chi connectivity index (χ0) is 13.6. The Morgan fingerprint density at radius 2 is 1.56 bits per heavy atom. The molecule has 0 fully saturated rings. The van der Waals surface area contributed by atoms with E-state index < -0.39 is 0 Å². The number of nitrogens with zero attached hydrogens (tertiary/aromatic N) is 1. The molecule has 110 valence electrons. The summed E-state index contributed by atoms with van der Waals surface area (Å²) >= 11 is 6.05. The Kier molecular flexibility index (Phi) is 13.6. The average Bonchev–Trinajstić information content (AvgIpc) is 2.32. The van der Waals surface area contributed by atoms with E-state index in [4.69, 9.17) is 30.5 Å². The quantitative estimate of drug-likeness (QED) is 0.370. The van der Waals surface area contributed by atoms with E-state index in [0.717, 1.165) is 13.1 Å². The van der Waals surface area contributed by atoms with Crippen LogP contribution in [-0.2, 0) is 18.9 Å². The van der Waals surface area contributed by atoms with Gasteiger partial charge >= 0.3 is 0 Å². The molecule has 0 bridgehead atoms. The van der Waals surface area contributed by atoms with Gasteiger partial charge in [0.25, 0.3) is 0 Å². The van der Waals surface area contributed by atoms with Crippen molar-refractivity contribution in [2.24, 2.45) is 0 Å². The van der Waals surface area contributed by atoms with Crippen LogP contribution in [0, 0.1) is 0 Å². The predicted molar refractivity (Wildman–Crippen MR) is 72.5 cm³/mol. The van der Waals surface area contributed by atoms with Crippen LogP contribution in [0.15, 0.2) is 0 Å². The van der Waals surface area contributed by atoms with E-state index in [1.54, 1.807) is 14.2 Å². The summed E-state index contributed by atoms with van der Waals surface area (Å²) < 4.78 is 20.6. The van der Waals surface area contributed by atoms with Crippen molar-refractivity contribution in [2.45, 2.75) is 5.38 Å². The Bertz CT molecular complexity index is 174. The van der Waals surface area contributed by atoms with Gasteiger partial charge in [-0.1, -0.05) is 0 Å². The first-order chi connectivity index (χ1) is 8.70. The van der Waals surface area contributed by atoms with Gasteiger partial charge in [0.15, 0.2) is 0 Å². The maximum absolute atomic E-state index is 6.05. The number of halogens is 1. The van der Waals surface area contributed by atoms with Crippen molar-refractivity contribution in [1.82, 2.24) is 4.90 Å². The summed E-state index contributed by atoms with van der Waals surface area (Å²) in [6.07, 6.45) is 0. The van der Waals surface area contributed by atoms with E-state index in [1.807, 2.05) is 7.05 Å². The molecular weight excluding hydrogens is 258 g/mol. The van der Waals surface area contributed by atoms with Crippen molar-refractivity contribution in [3.05, 3.63) is 0 Å². The average molecular weight is 284 g/mol. The van der Waals surface area contributed by atoms with Gasteiger partial charge < -0.3 is 23.8 Å². The molecule has 0 N–H and O–H groups in total. The van der Waals surface area contributed by atoms with E-state index in [-0.39, 0.29) is 5.38 Å². The molecule has 0 radical (unpaired) electrons. The third-order valence-electron chi connectivity index (χ3n) is 2.28. The summed E-state index contributed by atoms with van der Waals surface area (Å²) in [7, 11) is 5.33. The minimum Gasteiger partial charge on any atom is -0.383 e. The van der Waals surface area contributed by atoms with Gasteiger partial charge in [0.2, 0.25) is 0 Å². The maximum Gasteiger partial charge on any atom is 0.0701 e. The Balaban J connectivity index is 3.22. The molecule has 0 saturated heterocycles. The lowest BCUT2D eigenvalue weighted by molar-refractivity contribution is 0.0206. The first-order valence-corrected chi connectivity index (χ1v) is 6.60. The highest BCUT2D eigenvalue weighted by Crippen LogP contribution is 1.98. The molecule has 0 aliphatic heterocycles. The van der Waals surface area contributed by atoms with Crippen molar-refractivity contribution in [3.63, 3.8) is 0 Å². The fourth-order valence-electron chi connectivity index (χ4n) is 1.35. The number of hydrogen-bond donors (Lipinski definition) is 0. The Hall–Kier alpha value is 0.0900. The molecule has 1 unspecified atom stereocenters. The molecule has 0 spiro atoms. The predicted octanol–water partition coefficient (Wildman–Crippen LogP) is 0.852. The third-order valence-corrected chi connectivity index (χ3v) is 2.54. The van der Waals surface area contributed by atoms with Gasteiger partial charge in [-0.2, -0.15) is 0 Å². The number of ether oxygens (including phenoxy) is 4. The molecule has 0 saturated carbocycles. The minimum absolute atomic E-state index is 0.0253. The first-order valence-electron chi connectivity index (χ1n) is 6.16. The number of likely N-dealkylation sites (N-methyl/N-ethyl adjacent to an activating group) is 1. The molecule has 0 aromatic carbocycles. The largest absolute Gasteiger partial charge is 0.383 e. The smallest absolute Gasteiger partial charge is 0.0701 e. The van der Waals surface area contributed by atoms with Crippen molar-refractivity contribution in [1.29, 1.82) is 0 Å². The molecule has 5 nitrogen and oxygen atoms in total. The molecule has 0 aliphatic rings. The van der Waals surface area contributed by atoms with Gasteiger partial charge in [0, 0.05) is 27.3 Å². The Labute approximate surface area is 115 Å². The monoisotopic (exact) mass is 283 g/mol. The third kappa shape index (κ3) is 12.5. The maximum atomic E-state index is 6.05. The van der Waals surface area contributed by atoms with Crippen molar-refractivity contribution in [3.8, 4) is 0 Å². The highest BCUT2D eigenvalue weighted by atomic mass is 35.5. The fourth-order valence-corrected chi connectivity index (χ4v) is 1.71. The van der Waals surface area contributed by atoms with Crippen LogP contribution in [0.4, 0.5) is 0 Å². The molecular formula is C12H26ClNO4. The normalized spacial score (nSPS) is 13.2. The van der Waals surface area contributed by atoms with Crippen molar-refractivity contribution in [2.75, 3.05) is 74.0 Å². The molecule has 0 heterocycles. The zero-order valence-corrected chi connectivity index (χ0v) is 12.4. The van der Waals surface area contributed by atoms with Gasteiger partial charge in [-0.3, -0.25) is 0 Å². The second-order valence-corrected chi connectivity index (χ2v) is 4.65. The van der Waals surface area contributed by atoms with Gasteiger partial charge in [-0.05, 0) is 7.05 Å². The van der Waals surface area contributed by atoms with E-state index in [9.17, 15) is 0 Å². The molecule has 0 aromatic heterocycles. The van der Waals surface area contributed by atoms with Crippen LogP contribution in [0.1, 0.15) is 0 Å². The van der Waals surface area contributed by atoms with Crippen LogP contribution in [0.2, 0.25) is 0 Å². The molecule has 6 heteroatoms. The summed E-state index contributed by atoms with van der Waals surface area (Å²) in [5.41, 5.74) is 0. The lowest BCUT2D eigenvalue weighted by atomic mass is 10.4. The molecule has 0 aliphatic carbocycles. The molecule has 0 amide bonds. The number of rotatable bonds is 13. The van der Waals surface area contributed by atoms with Crippen LogP contribution in [0.25, 0.3) is 0 Å². The summed E-state index contributed by atoms with van der Waals surface area (Å²) in [4.78, 5) is 2.13. The van der Waals surface area contributed by atoms with E-state index in [0.29, 0.717) is 39.6 Å². The van der Waals surface area contributed by atoms with Crippen LogP contribution in [0.3, 0.4) is 0 Å². The molecule has 0 rings (SSSR count).